The Hall–Kier alpha value is -3.60. The number of aromatic nitrogens is 3. The normalized spacial score (nSPS) is 13.0. The summed E-state index contributed by atoms with van der Waals surface area (Å²) in [5.74, 6) is -0.543. The van der Waals surface area contributed by atoms with Gasteiger partial charge in [-0.2, -0.15) is 5.26 Å². The maximum atomic E-state index is 12.9. The number of aryl methyl sites for hydroxylation is 1. The zero-order valence-corrected chi connectivity index (χ0v) is 18.0. The number of amides is 2. The van der Waals surface area contributed by atoms with E-state index in [2.05, 4.69) is 38.6 Å². The molecule has 0 aliphatic heterocycles. The minimum Gasteiger partial charge on any atom is -0.351 e. The molecule has 31 heavy (non-hydrogen) atoms. The number of hydrogen-bond donors (Lipinski definition) is 4. The molecule has 2 heterocycles. The quantitative estimate of drug-likeness (QED) is 0.424. The highest BCUT2D eigenvalue weighted by Crippen LogP contribution is 2.20. The fourth-order valence-electron chi connectivity index (χ4n) is 3.61. The maximum Gasteiger partial charge on any atom is 0.268 e. The summed E-state index contributed by atoms with van der Waals surface area (Å²) in [4.78, 5) is 35.8. The number of imidazole rings is 1. The first kappa shape index (κ1) is 22.1. The van der Waals surface area contributed by atoms with E-state index in [1.165, 1.54) is 6.33 Å². The van der Waals surface area contributed by atoms with Crippen LogP contribution in [0.25, 0.3) is 10.9 Å². The summed E-state index contributed by atoms with van der Waals surface area (Å²) in [6, 6.07) is 8.37. The number of hydrogen-bond acceptors (Lipinski definition) is 4. The van der Waals surface area contributed by atoms with Crippen molar-refractivity contribution in [3.63, 3.8) is 0 Å². The van der Waals surface area contributed by atoms with Crippen molar-refractivity contribution in [2.45, 2.75) is 52.1 Å². The number of nitriles is 1. The first-order valence-corrected chi connectivity index (χ1v) is 10.5. The predicted octanol–water partition coefficient (Wildman–Crippen LogP) is 2.85. The number of fused-ring (bicyclic) bond motifs is 1. The largest absolute Gasteiger partial charge is 0.351 e. The third kappa shape index (κ3) is 5.51. The van der Waals surface area contributed by atoms with Crippen LogP contribution < -0.4 is 10.6 Å². The molecule has 2 atom stereocenters. The number of H-pyrrole nitrogens is 2. The molecule has 0 spiro atoms. The molecule has 3 rings (SSSR count). The molecule has 8 heteroatoms. The fraction of sp³-hybridized carbons (Fsp3) is 0.391. The lowest BCUT2D eigenvalue weighted by atomic mass is 10.0. The zero-order valence-electron chi connectivity index (χ0n) is 18.0. The van der Waals surface area contributed by atoms with Crippen LogP contribution in [0, 0.1) is 17.2 Å². The molecular weight excluding hydrogens is 392 g/mol. The van der Waals surface area contributed by atoms with Gasteiger partial charge < -0.3 is 20.6 Å². The Labute approximate surface area is 181 Å². The Morgan fingerprint density at radius 3 is 2.71 bits per heavy atom. The second-order valence-electron chi connectivity index (χ2n) is 8.04. The van der Waals surface area contributed by atoms with E-state index in [9.17, 15) is 14.9 Å². The van der Waals surface area contributed by atoms with Gasteiger partial charge in [0.25, 0.3) is 5.91 Å². The topological polar surface area (TPSA) is 126 Å². The lowest BCUT2D eigenvalue weighted by Gasteiger charge is -2.21. The second kappa shape index (κ2) is 9.94. The third-order valence-corrected chi connectivity index (χ3v) is 5.16. The van der Waals surface area contributed by atoms with Gasteiger partial charge in [-0.3, -0.25) is 9.59 Å². The Morgan fingerprint density at radius 2 is 2.06 bits per heavy atom. The van der Waals surface area contributed by atoms with Gasteiger partial charge in [0.15, 0.2) is 0 Å². The van der Waals surface area contributed by atoms with Gasteiger partial charge in [0, 0.05) is 29.2 Å². The molecular formula is C23H28N6O2. The molecule has 0 radical (unpaired) electrons. The molecule has 162 valence electrons. The Bertz CT molecular complexity index is 1080. The van der Waals surface area contributed by atoms with Crippen molar-refractivity contribution in [1.82, 2.24) is 25.6 Å². The highest BCUT2D eigenvalue weighted by molar-refractivity contribution is 6.00. The van der Waals surface area contributed by atoms with Crippen molar-refractivity contribution >= 4 is 22.7 Å². The summed E-state index contributed by atoms with van der Waals surface area (Å²) in [5, 5.41) is 16.0. The van der Waals surface area contributed by atoms with Gasteiger partial charge >= 0.3 is 0 Å². The van der Waals surface area contributed by atoms with Crippen LogP contribution in [0.1, 0.15) is 48.9 Å². The van der Waals surface area contributed by atoms with E-state index >= 15 is 0 Å². The van der Waals surface area contributed by atoms with E-state index in [4.69, 9.17) is 0 Å². The molecule has 4 N–H and O–H groups in total. The van der Waals surface area contributed by atoms with Gasteiger partial charge in [-0.15, -0.1) is 0 Å². The van der Waals surface area contributed by atoms with Crippen LogP contribution >= 0.6 is 0 Å². The Kier molecular flexibility index (Phi) is 7.08. The monoisotopic (exact) mass is 420 g/mol. The molecule has 3 aromatic rings. The summed E-state index contributed by atoms with van der Waals surface area (Å²) in [6.45, 7) is 6.03. The van der Waals surface area contributed by atoms with Crippen LogP contribution in [0.2, 0.25) is 0 Å². The van der Waals surface area contributed by atoms with Gasteiger partial charge in [-0.1, -0.05) is 32.9 Å². The van der Waals surface area contributed by atoms with E-state index in [-0.39, 0.29) is 17.7 Å². The Balaban J connectivity index is 1.73. The molecule has 0 saturated heterocycles. The number of nitrogens with one attached hydrogen (secondary N) is 4. The van der Waals surface area contributed by atoms with Crippen molar-refractivity contribution in [2.24, 2.45) is 5.92 Å². The lowest BCUT2D eigenvalue weighted by molar-refractivity contribution is -0.123. The number of carbonyl (C=O) groups excluding carboxylic acids is 2. The van der Waals surface area contributed by atoms with Gasteiger partial charge in [0.05, 0.1) is 12.4 Å². The van der Waals surface area contributed by atoms with Gasteiger partial charge in [-0.25, -0.2) is 4.98 Å². The molecule has 0 bridgehead atoms. The van der Waals surface area contributed by atoms with Crippen LogP contribution in [0.4, 0.5) is 0 Å². The average molecular weight is 421 g/mol. The molecule has 0 fully saturated rings. The van der Waals surface area contributed by atoms with Crippen molar-refractivity contribution in [1.29, 1.82) is 5.26 Å². The zero-order chi connectivity index (χ0) is 22.4. The summed E-state index contributed by atoms with van der Waals surface area (Å²) >= 11 is 0. The molecule has 2 aromatic heterocycles. The van der Waals surface area contributed by atoms with Crippen molar-refractivity contribution in [3.05, 3.63) is 53.7 Å². The molecule has 0 aliphatic rings. The van der Waals surface area contributed by atoms with Gasteiger partial charge in [0.1, 0.15) is 17.8 Å². The van der Waals surface area contributed by atoms with Crippen LogP contribution in [0.15, 0.2) is 36.8 Å². The lowest BCUT2D eigenvalue weighted by Crippen LogP contribution is -2.50. The molecule has 0 saturated carbocycles. The third-order valence-electron chi connectivity index (χ3n) is 5.16. The van der Waals surface area contributed by atoms with Crippen LogP contribution in [0.5, 0.6) is 0 Å². The molecule has 1 aromatic carbocycles. The van der Waals surface area contributed by atoms with Gasteiger partial charge in [-0.05, 0) is 36.5 Å². The fourth-order valence-corrected chi connectivity index (χ4v) is 3.61. The number of nitrogens with zero attached hydrogens (tertiary/aromatic N) is 2. The molecule has 2 amide bonds. The predicted molar refractivity (Wildman–Crippen MR) is 118 cm³/mol. The van der Waals surface area contributed by atoms with E-state index in [1.807, 2.05) is 38.1 Å². The SMILES string of the molecule is CCc1cccc2[nH]c(C(=O)NC(CC(C)C)C(=O)NC(C#N)Cc3cnc[nH]3)cc12. The second-order valence-corrected chi connectivity index (χ2v) is 8.04. The van der Waals surface area contributed by atoms with E-state index in [1.54, 1.807) is 6.20 Å². The number of benzene rings is 1. The summed E-state index contributed by atoms with van der Waals surface area (Å²) in [6.07, 6.45) is 4.77. The molecule has 8 nitrogen and oxygen atoms in total. The van der Waals surface area contributed by atoms with E-state index in [0.717, 1.165) is 28.6 Å². The number of rotatable bonds is 9. The smallest absolute Gasteiger partial charge is 0.268 e. The summed E-state index contributed by atoms with van der Waals surface area (Å²) < 4.78 is 0. The van der Waals surface area contributed by atoms with Crippen LogP contribution in [-0.2, 0) is 17.6 Å². The minimum absolute atomic E-state index is 0.179. The number of aromatic amines is 2. The van der Waals surface area contributed by atoms with Crippen molar-refractivity contribution in [3.8, 4) is 6.07 Å². The Morgan fingerprint density at radius 1 is 1.26 bits per heavy atom. The van der Waals surface area contributed by atoms with Crippen LogP contribution in [-0.4, -0.2) is 38.8 Å². The summed E-state index contributed by atoms with van der Waals surface area (Å²) in [5.41, 5.74) is 3.20. The standard InChI is InChI=1S/C23H28N6O2/c1-4-15-6-5-7-19-18(15)10-21(28-19)23(31)29-20(8-14(2)3)22(30)27-16(11-24)9-17-12-25-13-26-17/h5-7,10,12-14,16,20,28H,4,8-9H2,1-3H3,(H,25,26)(H,27,30)(H,29,31). The van der Waals surface area contributed by atoms with Crippen molar-refractivity contribution < 1.29 is 9.59 Å². The first-order chi connectivity index (χ1) is 14.9. The van der Waals surface area contributed by atoms with Crippen molar-refractivity contribution in [2.75, 3.05) is 0 Å². The molecule has 0 aliphatic carbocycles. The highest BCUT2D eigenvalue weighted by Gasteiger charge is 2.25. The molecule has 2 unspecified atom stereocenters. The number of carbonyl (C=O) groups is 2. The first-order valence-electron chi connectivity index (χ1n) is 10.5. The average Bonchev–Trinajstić information content (AvgIpc) is 3.41. The van der Waals surface area contributed by atoms with E-state index < -0.39 is 12.1 Å². The summed E-state index contributed by atoms with van der Waals surface area (Å²) in [7, 11) is 0. The van der Waals surface area contributed by atoms with Gasteiger partial charge in [0.2, 0.25) is 5.91 Å². The minimum atomic E-state index is -0.748. The van der Waals surface area contributed by atoms with Crippen LogP contribution in [0.3, 0.4) is 0 Å². The highest BCUT2D eigenvalue weighted by atomic mass is 16.2. The van der Waals surface area contributed by atoms with E-state index in [0.29, 0.717) is 18.5 Å². The maximum absolute atomic E-state index is 12.9.